The van der Waals surface area contributed by atoms with Gasteiger partial charge in [0.2, 0.25) is 5.91 Å². The molecule has 1 saturated heterocycles. The zero-order valence-corrected chi connectivity index (χ0v) is 14.3. The number of rotatable bonds is 8. The lowest BCUT2D eigenvalue weighted by Crippen LogP contribution is -2.42. The molecule has 1 fully saturated rings. The molecule has 2 rings (SSSR count). The first-order valence-electron chi connectivity index (χ1n) is 8.54. The van der Waals surface area contributed by atoms with E-state index in [1.165, 1.54) is 12.8 Å². The number of piperidine rings is 1. The van der Waals surface area contributed by atoms with Crippen LogP contribution in [0.25, 0.3) is 0 Å². The number of likely N-dealkylation sites (tertiary alicyclic amines) is 1. The number of hydrogen-bond donors (Lipinski definition) is 2. The third kappa shape index (κ3) is 5.84. The smallest absolute Gasteiger partial charge is 0.234 e. The zero-order valence-electron chi connectivity index (χ0n) is 14.3. The summed E-state index contributed by atoms with van der Waals surface area (Å²) >= 11 is 0. The first kappa shape index (κ1) is 17.8. The van der Waals surface area contributed by atoms with Crippen LogP contribution < -0.4 is 15.4 Å². The van der Waals surface area contributed by atoms with Crippen molar-refractivity contribution in [1.29, 1.82) is 0 Å². The second-order valence-corrected chi connectivity index (χ2v) is 6.12. The van der Waals surface area contributed by atoms with Crippen molar-refractivity contribution < 1.29 is 9.53 Å². The summed E-state index contributed by atoms with van der Waals surface area (Å²) < 4.78 is 5.30. The van der Waals surface area contributed by atoms with Gasteiger partial charge in [0.15, 0.2) is 0 Å². The fourth-order valence-corrected chi connectivity index (χ4v) is 3.00. The van der Waals surface area contributed by atoms with Gasteiger partial charge in [-0.2, -0.15) is 0 Å². The van der Waals surface area contributed by atoms with Crippen molar-refractivity contribution in [2.75, 3.05) is 39.8 Å². The van der Waals surface area contributed by atoms with Gasteiger partial charge in [-0.3, -0.25) is 9.69 Å². The largest absolute Gasteiger partial charge is 0.496 e. The van der Waals surface area contributed by atoms with Crippen LogP contribution in [0.15, 0.2) is 24.3 Å². The van der Waals surface area contributed by atoms with E-state index in [0.717, 1.165) is 43.4 Å². The van der Waals surface area contributed by atoms with Gasteiger partial charge >= 0.3 is 0 Å². The van der Waals surface area contributed by atoms with Crippen molar-refractivity contribution in [2.45, 2.75) is 26.3 Å². The lowest BCUT2D eigenvalue weighted by atomic mass is 9.97. The number of para-hydroxylation sites is 1. The van der Waals surface area contributed by atoms with Crippen molar-refractivity contribution >= 4 is 5.91 Å². The summed E-state index contributed by atoms with van der Waals surface area (Å²) in [5.74, 6) is 1.65. The molecule has 0 aliphatic carbocycles. The Balaban J connectivity index is 1.69. The van der Waals surface area contributed by atoms with Gasteiger partial charge in [-0.25, -0.2) is 0 Å². The Morgan fingerprint density at radius 1 is 1.30 bits per heavy atom. The van der Waals surface area contributed by atoms with Crippen LogP contribution in [0.3, 0.4) is 0 Å². The number of carbonyl (C=O) groups excluding carboxylic acids is 1. The summed E-state index contributed by atoms with van der Waals surface area (Å²) in [7, 11) is 1.65. The molecule has 0 bridgehead atoms. The standard InChI is InChI=1S/C18H29N3O2/c1-3-19-12-15-8-10-21(11-9-15)14-18(22)20-13-16-6-4-5-7-17(16)23-2/h4-7,15,19H,3,8-14H2,1-2H3,(H,20,22). The minimum absolute atomic E-state index is 0.0843. The first-order valence-corrected chi connectivity index (χ1v) is 8.54. The molecule has 128 valence electrons. The lowest BCUT2D eigenvalue weighted by molar-refractivity contribution is -0.122. The van der Waals surface area contributed by atoms with E-state index in [0.29, 0.717) is 13.1 Å². The lowest BCUT2D eigenvalue weighted by Gasteiger charge is -2.31. The Morgan fingerprint density at radius 2 is 2.04 bits per heavy atom. The van der Waals surface area contributed by atoms with Gasteiger partial charge in [0.05, 0.1) is 13.7 Å². The highest BCUT2D eigenvalue weighted by atomic mass is 16.5. The molecule has 0 radical (unpaired) electrons. The van der Waals surface area contributed by atoms with Gasteiger partial charge in [-0.15, -0.1) is 0 Å². The van der Waals surface area contributed by atoms with Gasteiger partial charge < -0.3 is 15.4 Å². The van der Waals surface area contributed by atoms with E-state index in [1.807, 2.05) is 24.3 Å². The van der Waals surface area contributed by atoms with Crippen LogP contribution in [0.1, 0.15) is 25.3 Å². The fraction of sp³-hybridized carbons (Fsp3) is 0.611. The van der Waals surface area contributed by atoms with E-state index in [1.54, 1.807) is 7.11 Å². The normalized spacial score (nSPS) is 16.3. The number of methoxy groups -OCH3 is 1. The predicted molar refractivity (Wildman–Crippen MR) is 92.5 cm³/mol. The van der Waals surface area contributed by atoms with Crippen LogP contribution in [0.5, 0.6) is 5.75 Å². The molecule has 2 N–H and O–H groups in total. The first-order chi connectivity index (χ1) is 11.2. The van der Waals surface area contributed by atoms with Crippen molar-refractivity contribution in [2.24, 2.45) is 5.92 Å². The Labute approximate surface area is 139 Å². The average molecular weight is 319 g/mol. The highest BCUT2D eigenvalue weighted by Crippen LogP contribution is 2.17. The van der Waals surface area contributed by atoms with E-state index < -0.39 is 0 Å². The molecular formula is C18H29N3O2. The zero-order chi connectivity index (χ0) is 16.5. The topological polar surface area (TPSA) is 53.6 Å². The third-order valence-corrected chi connectivity index (χ3v) is 4.43. The molecule has 1 aliphatic rings. The van der Waals surface area contributed by atoms with Crippen LogP contribution in [-0.4, -0.2) is 50.6 Å². The minimum atomic E-state index is 0.0843. The number of nitrogens with zero attached hydrogens (tertiary/aromatic N) is 1. The quantitative estimate of drug-likeness (QED) is 0.765. The maximum atomic E-state index is 12.1. The summed E-state index contributed by atoms with van der Waals surface area (Å²) in [4.78, 5) is 14.4. The van der Waals surface area contributed by atoms with Gasteiger partial charge in [0.25, 0.3) is 0 Å². The number of carbonyl (C=O) groups is 1. The maximum Gasteiger partial charge on any atom is 0.234 e. The molecule has 0 aromatic heterocycles. The molecule has 1 aromatic rings. The third-order valence-electron chi connectivity index (χ3n) is 4.43. The van der Waals surface area contributed by atoms with E-state index in [4.69, 9.17) is 4.74 Å². The average Bonchev–Trinajstić information content (AvgIpc) is 2.59. The van der Waals surface area contributed by atoms with Crippen LogP contribution in [0.2, 0.25) is 0 Å². The molecule has 1 heterocycles. The number of nitrogens with one attached hydrogen (secondary N) is 2. The van der Waals surface area contributed by atoms with E-state index in [-0.39, 0.29) is 5.91 Å². The summed E-state index contributed by atoms with van der Waals surface area (Å²) in [6.45, 7) is 7.30. The van der Waals surface area contributed by atoms with Crippen molar-refractivity contribution in [3.63, 3.8) is 0 Å². The van der Waals surface area contributed by atoms with Crippen LogP contribution >= 0.6 is 0 Å². The maximum absolute atomic E-state index is 12.1. The summed E-state index contributed by atoms with van der Waals surface area (Å²) in [6.07, 6.45) is 2.35. The predicted octanol–water partition coefficient (Wildman–Crippen LogP) is 1.63. The molecule has 0 spiro atoms. The Morgan fingerprint density at radius 3 is 2.74 bits per heavy atom. The van der Waals surface area contributed by atoms with E-state index in [2.05, 4.69) is 22.5 Å². The molecule has 1 aromatic carbocycles. The number of hydrogen-bond acceptors (Lipinski definition) is 4. The SMILES string of the molecule is CCNCC1CCN(CC(=O)NCc2ccccc2OC)CC1. The van der Waals surface area contributed by atoms with Crippen molar-refractivity contribution in [3.8, 4) is 5.75 Å². The van der Waals surface area contributed by atoms with Gasteiger partial charge in [-0.1, -0.05) is 25.1 Å². The van der Waals surface area contributed by atoms with Crippen LogP contribution in [0.4, 0.5) is 0 Å². The molecule has 23 heavy (non-hydrogen) atoms. The van der Waals surface area contributed by atoms with Crippen LogP contribution in [0, 0.1) is 5.92 Å². The molecule has 5 nitrogen and oxygen atoms in total. The Kier molecular flexibility index (Phi) is 7.36. The fourth-order valence-electron chi connectivity index (χ4n) is 3.00. The van der Waals surface area contributed by atoms with Crippen molar-refractivity contribution in [3.05, 3.63) is 29.8 Å². The molecule has 0 atom stereocenters. The summed E-state index contributed by atoms with van der Waals surface area (Å²) in [5, 5.41) is 6.41. The monoisotopic (exact) mass is 319 g/mol. The van der Waals surface area contributed by atoms with Crippen LogP contribution in [-0.2, 0) is 11.3 Å². The van der Waals surface area contributed by atoms with Gasteiger partial charge in [-0.05, 0) is 51.0 Å². The van der Waals surface area contributed by atoms with Gasteiger partial charge in [0.1, 0.15) is 5.75 Å². The summed E-state index contributed by atoms with van der Waals surface area (Å²) in [5.41, 5.74) is 1.01. The molecule has 0 saturated carbocycles. The number of amides is 1. The Hall–Kier alpha value is -1.59. The van der Waals surface area contributed by atoms with E-state index >= 15 is 0 Å². The minimum Gasteiger partial charge on any atom is -0.496 e. The molecule has 0 unspecified atom stereocenters. The highest BCUT2D eigenvalue weighted by molar-refractivity contribution is 5.78. The molecule has 5 heteroatoms. The molecule has 1 aliphatic heterocycles. The van der Waals surface area contributed by atoms with Gasteiger partial charge in [0, 0.05) is 12.1 Å². The number of ether oxygens (including phenoxy) is 1. The second-order valence-electron chi connectivity index (χ2n) is 6.12. The second kappa shape index (κ2) is 9.53. The molecule has 1 amide bonds. The number of benzene rings is 1. The Bertz CT molecular complexity index is 485. The summed E-state index contributed by atoms with van der Waals surface area (Å²) in [6, 6.07) is 7.78. The highest BCUT2D eigenvalue weighted by Gasteiger charge is 2.20. The van der Waals surface area contributed by atoms with E-state index in [9.17, 15) is 4.79 Å². The molecular weight excluding hydrogens is 290 g/mol. The van der Waals surface area contributed by atoms with Crippen molar-refractivity contribution in [1.82, 2.24) is 15.5 Å².